The van der Waals surface area contributed by atoms with Gasteiger partial charge in [-0.3, -0.25) is 4.90 Å². The molecule has 0 saturated heterocycles. The number of carbonyl (C=O) groups excluding carboxylic acids is 1. The number of hydrogen-bond acceptors (Lipinski definition) is 2. The molecule has 0 aliphatic heterocycles. The fraction of sp³-hybridized carbons (Fsp3) is 0.476. The van der Waals surface area contributed by atoms with Crippen LogP contribution >= 0.6 is 0 Å². The monoisotopic (exact) mass is 323 g/mol. The first-order valence-corrected chi connectivity index (χ1v) is 9.08. The maximum atomic E-state index is 13.0. The van der Waals surface area contributed by atoms with E-state index in [9.17, 15) is 4.79 Å². The fourth-order valence-corrected chi connectivity index (χ4v) is 5.02. The van der Waals surface area contributed by atoms with Gasteiger partial charge in [-0.2, -0.15) is 0 Å². The van der Waals surface area contributed by atoms with Crippen molar-refractivity contribution in [2.75, 3.05) is 11.5 Å². The molecule has 2 aliphatic rings. The highest BCUT2D eigenvalue weighted by atomic mass is 16.6. The Kier molecular flexibility index (Phi) is 3.75. The molecule has 2 aliphatic carbocycles. The van der Waals surface area contributed by atoms with Crippen LogP contribution < -0.4 is 4.90 Å². The highest BCUT2D eigenvalue weighted by Gasteiger charge is 2.53. The number of rotatable bonds is 3. The Balaban J connectivity index is 1.85. The Morgan fingerprint density at radius 2 is 2.00 bits per heavy atom. The van der Waals surface area contributed by atoms with Crippen molar-refractivity contribution in [2.45, 2.75) is 45.1 Å². The summed E-state index contributed by atoms with van der Waals surface area (Å²) in [6.45, 7) is 4.54. The largest absolute Gasteiger partial charge is 0.449 e. The molecule has 3 nitrogen and oxygen atoms in total. The van der Waals surface area contributed by atoms with Crippen molar-refractivity contribution in [1.29, 1.82) is 0 Å². The molecule has 3 unspecified atom stereocenters. The lowest BCUT2D eigenvalue weighted by atomic mass is 9.80. The Morgan fingerprint density at radius 3 is 2.71 bits per heavy atom. The number of fused-ring (bicyclic) bond motifs is 3. The molecule has 2 aromatic rings. The first-order valence-electron chi connectivity index (χ1n) is 9.08. The summed E-state index contributed by atoms with van der Waals surface area (Å²) in [4.78, 5) is 14.9. The van der Waals surface area contributed by atoms with Crippen molar-refractivity contribution in [2.24, 2.45) is 11.8 Å². The number of carbonyl (C=O) groups is 1. The molecule has 2 aromatic carbocycles. The normalized spacial score (nSPS) is 28.2. The fourth-order valence-electron chi connectivity index (χ4n) is 5.02. The molecule has 2 fully saturated rings. The van der Waals surface area contributed by atoms with Crippen molar-refractivity contribution in [3.8, 4) is 0 Å². The highest BCUT2D eigenvalue weighted by molar-refractivity contribution is 6.02. The number of benzene rings is 2. The van der Waals surface area contributed by atoms with E-state index in [1.807, 2.05) is 30.0 Å². The average molecular weight is 323 g/mol. The van der Waals surface area contributed by atoms with Crippen LogP contribution in [0.4, 0.5) is 10.5 Å². The van der Waals surface area contributed by atoms with E-state index in [2.05, 4.69) is 31.2 Å². The van der Waals surface area contributed by atoms with Crippen LogP contribution in [0.1, 0.15) is 39.5 Å². The molecule has 0 N–H and O–H groups in total. The van der Waals surface area contributed by atoms with Crippen LogP contribution in [0.2, 0.25) is 0 Å². The lowest BCUT2D eigenvalue weighted by Gasteiger charge is -2.44. The van der Waals surface area contributed by atoms with Crippen LogP contribution in [0.15, 0.2) is 42.5 Å². The molecular formula is C21H25NO2. The molecule has 3 heteroatoms. The predicted octanol–water partition coefficient (Wildman–Crippen LogP) is 5.38. The summed E-state index contributed by atoms with van der Waals surface area (Å²) in [5.41, 5.74) is 0.848. The summed E-state index contributed by atoms with van der Waals surface area (Å²) >= 11 is 0. The summed E-state index contributed by atoms with van der Waals surface area (Å²) < 4.78 is 5.48. The average Bonchev–Trinajstić information content (AvgIpc) is 3.16. The van der Waals surface area contributed by atoms with E-state index in [1.165, 1.54) is 19.3 Å². The second-order valence-electron chi connectivity index (χ2n) is 7.47. The van der Waals surface area contributed by atoms with E-state index in [1.54, 1.807) is 0 Å². The standard InChI is InChI=1S/C21H25NO2/c1-3-24-20(23)22(21(2)14-15-11-12-17(21)13-15)19-10-6-8-16-7-4-5-9-18(16)19/h4-10,15,17H,3,11-14H2,1-2H3. The zero-order valence-electron chi connectivity index (χ0n) is 14.5. The van der Waals surface area contributed by atoms with Crippen LogP contribution in [-0.4, -0.2) is 18.2 Å². The smallest absolute Gasteiger partial charge is 0.414 e. The van der Waals surface area contributed by atoms with Crippen molar-refractivity contribution in [3.05, 3.63) is 42.5 Å². The maximum absolute atomic E-state index is 13.0. The lowest BCUT2D eigenvalue weighted by Crippen LogP contribution is -2.53. The quantitative estimate of drug-likeness (QED) is 0.759. The predicted molar refractivity (Wildman–Crippen MR) is 97.3 cm³/mol. The molecule has 0 aromatic heterocycles. The molecule has 0 spiro atoms. The van der Waals surface area contributed by atoms with E-state index in [-0.39, 0.29) is 11.6 Å². The second kappa shape index (κ2) is 5.80. The molecule has 4 rings (SSSR count). The summed E-state index contributed by atoms with van der Waals surface area (Å²) in [5.74, 6) is 1.33. The minimum Gasteiger partial charge on any atom is -0.449 e. The lowest BCUT2D eigenvalue weighted by molar-refractivity contribution is 0.144. The van der Waals surface area contributed by atoms with Gasteiger partial charge in [0.2, 0.25) is 0 Å². The summed E-state index contributed by atoms with van der Waals surface area (Å²) in [5, 5.41) is 2.29. The first-order chi connectivity index (χ1) is 11.6. The zero-order chi connectivity index (χ0) is 16.7. The van der Waals surface area contributed by atoms with Gasteiger partial charge in [-0.1, -0.05) is 36.4 Å². The molecule has 2 bridgehead atoms. The van der Waals surface area contributed by atoms with E-state index < -0.39 is 0 Å². The van der Waals surface area contributed by atoms with Crippen LogP contribution in [0.5, 0.6) is 0 Å². The van der Waals surface area contributed by atoms with Crippen LogP contribution in [0.3, 0.4) is 0 Å². The molecule has 0 heterocycles. The third-order valence-corrected chi connectivity index (χ3v) is 6.09. The Bertz CT molecular complexity index is 766. The van der Waals surface area contributed by atoms with Crippen LogP contribution in [0, 0.1) is 11.8 Å². The Hall–Kier alpha value is -2.03. The molecule has 3 atom stereocenters. The van der Waals surface area contributed by atoms with E-state index in [0.29, 0.717) is 12.5 Å². The van der Waals surface area contributed by atoms with Gasteiger partial charge >= 0.3 is 6.09 Å². The first kappa shape index (κ1) is 15.5. The van der Waals surface area contributed by atoms with Crippen molar-refractivity contribution in [3.63, 3.8) is 0 Å². The van der Waals surface area contributed by atoms with E-state index in [4.69, 9.17) is 4.74 Å². The molecule has 1 amide bonds. The SMILES string of the molecule is CCOC(=O)N(c1cccc2ccccc12)C1(C)CC2CCC1C2. The van der Waals surface area contributed by atoms with Gasteiger partial charge in [-0.25, -0.2) is 4.79 Å². The Labute approximate surface area is 143 Å². The van der Waals surface area contributed by atoms with Crippen molar-refractivity contribution in [1.82, 2.24) is 0 Å². The van der Waals surface area contributed by atoms with Crippen LogP contribution in [0.25, 0.3) is 10.8 Å². The summed E-state index contributed by atoms with van der Waals surface area (Å²) in [7, 11) is 0. The molecule has 126 valence electrons. The number of hydrogen-bond donors (Lipinski definition) is 0. The van der Waals surface area contributed by atoms with Gasteiger partial charge in [0.05, 0.1) is 17.8 Å². The van der Waals surface area contributed by atoms with Gasteiger partial charge < -0.3 is 4.74 Å². The van der Waals surface area contributed by atoms with Gasteiger partial charge in [0.15, 0.2) is 0 Å². The van der Waals surface area contributed by atoms with E-state index in [0.717, 1.165) is 28.8 Å². The zero-order valence-corrected chi connectivity index (χ0v) is 14.5. The Morgan fingerprint density at radius 1 is 1.21 bits per heavy atom. The third kappa shape index (κ3) is 2.29. The van der Waals surface area contributed by atoms with Gasteiger partial charge in [0.1, 0.15) is 0 Å². The number of nitrogens with zero attached hydrogens (tertiary/aromatic N) is 1. The number of amides is 1. The maximum Gasteiger partial charge on any atom is 0.414 e. The summed E-state index contributed by atoms with van der Waals surface area (Å²) in [6, 6.07) is 14.5. The minimum atomic E-state index is -0.205. The summed E-state index contributed by atoms with van der Waals surface area (Å²) in [6.07, 6.45) is 4.66. The van der Waals surface area contributed by atoms with E-state index >= 15 is 0 Å². The topological polar surface area (TPSA) is 29.5 Å². The molecule has 24 heavy (non-hydrogen) atoms. The third-order valence-electron chi connectivity index (χ3n) is 6.09. The van der Waals surface area contributed by atoms with Gasteiger partial charge in [-0.05, 0) is 62.8 Å². The number of ether oxygens (including phenoxy) is 1. The molecular weight excluding hydrogens is 298 g/mol. The van der Waals surface area contributed by atoms with Gasteiger partial charge in [0, 0.05) is 5.39 Å². The number of anilines is 1. The van der Waals surface area contributed by atoms with Gasteiger partial charge in [0.25, 0.3) is 0 Å². The highest BCUT2D eigenvalue weighted by Crippen LogP contribution is 2.54. The molecule has 0 radical (unpaired) electrons. The van der Waals surface area contributed by atoms with Crippen molar-refractivity contribution < 1.29 is 9.53 Å². The van der Waals surface area contributed by atoms with Gasteiger partial charge in [-0.15, -0.1) is 0 Å². The van der Waals surface area contributed by atoms with Crippen LogP contribution in [-0.2, 0) is 4.74 Å². The molecule has 2 saturated carbocycles. The van der Waals surface area contributed by atoms with Crippen molar-refractivity contribution >= 4 is 22.6 Å². The second-order valence-corrected chi connectivity index (χ2v) is 7.47. The minimum absolute atomic E-state index is 0.140.